The number of nitrogens with one attached hydrogen (secondary N) is 1. The number of nitrogens with zero attached hydrogens (tertiary/aromatic N) is 2. The first-order valence-corrected chi connectivity index (χ1v) is 4.88. The van der Waals surface area contributed by atoms with E-state index in [1.807, 2.05) is 0 Å². The zero-order chi connectivity index (χ0) is 11.1. The summed E-state index contributed by atoms with van der Waals surface area (Å²) in [6.07, 6.45) is 0.767. The van der Waals surface area contributed by atoms with Gasteiger partial charge in [-0.2, -0.15) is 0 Å². The first-order valence-electron chi connectivity index (χ1n) is 4.50. The van der Waals surface area contributed by atoms with Gasteiger partial charge in [0.05, 0.1) is 0 Å². The standard InChI is InChI=1S/C9H12ClN3O2/c1-15-6-2-5-11-9(14)7-3-4-8(10)13-12-7/h3-4H,2,5-6H2,1H3,(H,11,14). The molecule has 1 aromatic heterocycles. The maximum absolute atomic E-state index is 11.4. The smallest absolute Gasteiger partial charge is 0.271 e. The third-order valence-corrected chi connectivity index (χ3v) is 1.88. The summed E-state index contributed by atoms with van der Waals surface area (Å²) in [5, 5.41) is 10.2. The fraction of sp³-hybridized carbons (Fsp3) is 0.444. The van der Waals surface area contributed by atoms with Crippen molar-refractivity contribution in [2.45, 2.75) is 6.42 Å². The highest BCUT2D eigenvalue weighted by Crippen LogP contribution is 2.01. The number of rotatable bonds is 5. The fourth-order valence-electron chi connectivity index (χ4n) is 0.946. The molecule has 0 aliphatic carbocycles. The molecule has 5 nitrogen and oxygen atoms in total. The van der Waals surface area contributed by atoms with Crippen LogP contribution in [0.5, 0.6) is 0 Å². The lowest BCUT2D eigenvalue weighted by atomic mass is 10.3. The van der Waals surface area contributed by atoms with E-state index >= 15 is 0 Å². The molecule has 0 aliphatic rings. The molecular weight excluding hydrogens is 218 g/mol. The van der Waals surface area contributed by atoms with Gasteiger partial charge in [-0.15, -0.1) is 10.2 Å². The van der Waals surface area contributed by atoms with Crippen molar-refractivity contribution < 1.29 is 9.53 Å². The molecule has 0 radical (unpaired) electrons. The van der Waals surface area contributed by atoms with Gasteiger partial charge in [0, 0.05) is 20.3 Å². The number of amides is 1. The molecule has 0 bridgehead atoms. The number of halogens is 1. The molecule has 0 aliphatic heterocycles. The molecule has 0 fully saturated rings. The monoisotopic (exact) mass is 229 g/mol. The highest BCUT2D eigenvalue weighted by molar-refractivity contribution is 6.29. The number of hydrogen-bond donors (Lipinski definition) is 1. The van der Waals surface area contributed by atoms with Crippen LogP contribution in [0.3, 0.4) is 0 Å². The number of carbonyl (C=O) groups is 1. The van der Waals surface area contributed by atoms with Gasteiger partial charge in [-0.05, 0) is 18.6 Å². The summed E-state index contributed by atoms with van der Waals surface area (Å²) in [5.74, 6) is -0.254. The molecule has 0 unspecified atom stereocenters. The summed E-state index contributed by atoms with van der Waals surface area (Å²) in [7, 11) is 1.62. The van der Waals surface area contributed by atoms with Crippen molar-refractivity contribution in [3.05, 3.63) is 23.0 Å². The Kier molecular flexibility index (Phi) is 5.00. The molecular formula is C9H12ClN3O2. The highest BCUT2D eigenvalue weighted by atomic mass is 35.5. The molecule has 1 N–H and O–H groups in total. The van der Waals surface area contributed by atoms with Crippen molar-refractivity contribution in [2.24, 2.45) is 0 Å². The van der Waals surface area contributed by atoms with Gasteiger partial charge in [0.2, 0.25) is 0 Å². The van der Waals surface area contributed by atoms with E-state index in [-0.39, 0.29) is 16.8 Å². The Morgan fingerprint density at radius 3 is 2.93 bits per heavy atom. The molecule has 82 valence electrons. The zero-order valence-corrected chi connectivity index (χ0v) is 9.12. The van der Waals surface area contributed by atoms with Gasteiger partial charge in [-0.3, -0.25) is 4.79 Å². The minimum Gasteiger partial charge on any atom is -0.385 e. The van der Waals surface area contributed by atoms with Gasteiger partial charge in [-0.25, -0.2) is 0 Å². The summed E-state index contributed by atoms with van der Waals surface area (Å²) in [6, 6.07) is 3.06. The summed E-state index contributed by atoms with van der Waals surface area (Å²) in [4.78, 5) is 11.4. The molecule has 15 heavy (non-hydrogen) atoms. The first-order chi connectivity index (χ1) is 7.24. The van der Waals surface area contributed by atoms with Crippen LogP contribution in [0.4, 0.5) is 0 Å². The van der Waals surface area contributed by atoms with Crippen molar-refractivity contribution in [3.63, 3.8) is 0 Å². The van der Waals surface area contributed by atoms with E-state index in [9.17, 15) is 4.79 Å². The van der Waals surface area contributed by atoms with Gasteiger partial charge in [-0.1, -0.05) is 11.6 Å². The largest absolute Gasteiger partial charge is 0.385 e. The van der Waals surface area contributed by atoms with Crippen LogP contribution in [0.15, 0.2) is 12.1 Å². The highest BCUT2D eigenvalue weighted by Gasteiger charge is 2.06. The van der Waals surface area contributed by atoms with Crippen LogP contribution < -0.4 is 5.32 Å². The van der Waals surface area contributed by atoms with E-state index < -0.39 is 0 Å². The second kappa shape index (κ2) is 6.31. The van der Waals surface area contributed by atoms with Crippen LogP contribution in [0, 0.1) is 0 Å². The molecule has 1 aromatic rings. The first kappa shape index (κ1) is 11.9. The average Bonchev–Trinajstić information content (AvgIpc) is 2.25. The van der Waals surface area contributed by atoms with E-state index in [2.05, 4.69) is 15.5 Å². The van der Waals surface area contributed by atoms with Crippen LogP contribution in [0.2, 0.25) is 5.15 Å². The Labute approximate surface area is 92.8 Å². The molecule has 1 amide bonds. The normalized spacial score (nSPS) is 10.0. The maximum atomic E-state index is 11.4. The molecule has 0 spiro atoms. The Morgan fingerprint density at radius 1 is 1.53 bits per heavy atom. The molecule has 0 saturated heterocycles. The summed E-state index contributed by atoms with van der Waals surface area (Å²) < 4.78 is 4.85. The van der Waals surface area contributed by atoms with Crippen molar-refractivity contribution in [2.75, 3.05) is 20.3 Å². The number of methoxy groups -OCH3 is 1. The predicted molar refractivity (Wildman–Crippen MR) is 55.9 cm³/mol. The quantitative estimate of drug-likeness (QED) is 0.762. The third kappa shape index (κ3) is 4.22. The Morgan fingerprint density at radius 2 is 2.33 bits per heavy atom. The number of hydrogen-bond acceptors (Lipinski definition) is 4. The van der Waals surface area contributed by atoms with E-state index in [1.54, 1.807) is 7.11 Å². The summed E-state index contributed by atoms with van der Waals surface area (Å²) >= 11 is 5.54. The van der Waals surface area contributed by atoms with Crippen molar-refractivity contribution >= 4 is 17.5 Å². The van der Waals surface area contributed by atoms with Crippen molar-refractivity contribution in [3.8, 4) is 0 Å². The zero-order valence-electron chi connectivity index (χ0n) is 8.36. The Balaban J connectivity index is 2.37. The fourth-order valence-corrected chi connectivity index (χ4v) is 1.05. The van der Waals surface area contributed by atoms with Gasteiger partial charge in [0.15, 0.2) is 10.8 Å². The van der Waals surface area contributed by atoms with Crippen molar-refractivity contribution in [1.29, 1.82) is 0 Å². The van der Waals surface area contributed by atoms with Gasteiger partial charge < -0.3 is 10.1 Å². The lowest BCUT2D eigenvalue weighted by molar-refractivity contribution is 0.0942. The van der Waals surface area contributed by atoms with Crippen LogP contribution in [0.1, 0.15) is 16.9 Å². The minimum absolute atomic E-state index is 0.254. The van der Waals surface area contributed by atoms with Crippen LogP contribution >= 0.6 is 11.6 Å². The van der Waals surface area contributed by atoms with E-state index in [4.69, 9.17) is 16.3 Å². The third-order valence-electron chi connectivity index (χ3n) is 1.68. The lowest BCUT2D eigenvalue weighted by Crippen LogP contribution is -2.26. The number of aromatic nitrogens is 2. The van der Waals surface area contributed by atoms with Crippen LogP contribution in [-0.4, -0.2) is 36.4 Å². The van der Waals surface area contributed by atoms with E-state index in [1.165, 1.54) is 12.1 Å². The van der Waals surface area contributed by atoms with Crippen LogP contribution in [-0.2, 0) is 4.74 Å². The topological polar surface area (TPSA) is 64.1 Å². The van der Waals surface area contributed by atoms with Gasteiger partial charge in [0.1, 0.15) is 0 Å². The van der Waals surface area contributed by atoms with Crippen LogP contribution in [0.25, 0.3) is 0 Å². The maximum Gasteiger partial charge on any atom is 0.271 e. The second-order valence-electron chi connectivity index (χ2n) is 2.84. The number of ether oxygens (including phenoxy) is 1. The predicted octanol–water partition coefficient (Wildman–Crippen LogP) is 0.896. The average molecular weight is 230 g/mol. The molecule has 0 saturated carbocycles. The second-order valence-corrected chi connectivity index (χ2v) is 3.23. The van der Waals surface area contributed by atoms with E-state index in [0.717, 1.165) is 6.42 Å². The molecule has 0 aromatic carbocycles. The summed E-state index contributed by atoms with van der Waals surface area (Å²) in [6.45, 7) is 1.17. The molecule has 1 heterocycles. The lowest BCUT2D eigenvalue weighted by Gasteiger charge is -2.03. The summed E-state index contributed by atoms with van der Waals surface area (Å²) in [5.41, 5.74) is 0.261. The molecule has 0 atom stereocenters. The minimum atomic E-state index is -0.254. The molecule has 6 heteroatoms. The van der Waals surface area contributed by atoms with E-state index in [0.29, 0.717) is 13.2 Å². The Bertz CT molecular complexity index is 316. The molecule has 1 rings (SSSR count). The Hall–Kier alpha value is -1.20. The van der Waals surface area contributed by atoms with Crippen molar-refractivity contribution in [1.82, 2.24) is 15.5 Å². The van der Waals surface area contributed by atoms with Gasteiger partial charge >= 0.3 is 0 Å². The number of carbonyl (C=O) groups excluding carboxylic acids is 1. The SMILES string of the molecule is COCCCNC(=O)c1ccc(Cl)nn1. The van der Waals surface area contributed by atoms with Gasteiger partial charge in [0.25, 0.3) is 5.91 Å².